The summed E-state index contributed by atoms with van der Waals surface area (Å²) in [7, 11) is 1.44. The third-order valence-corrected chi connectivity index (χ3v) is 7.51. The summed E-state index contributed by atoms with van der Waals surface area (Å²) >= 11 is 6.23. The molecule has 0 spiro atoms. The van der Waals surface area contributed by atoms with Crippen molar-refractivity contribution in [3.63, 3.8) is 0 Å². The predicted octanol–water partition coefficient (Wildman–Crippen LogP) is 5.80. The number of ether oxygens (including phenoxy) is 4. The van der Waals surface area contributed by atoms with Crippen molar-refractivity contribution < 1.29 is 33.3 Å². The van der Waals surface area contributed by atoms with E-state index in [0.717, 1.165) is 16.3 Å². The molecule has 4 aromatic rings. The molecule has 0 fully saturated rings. The molecule has 3 N–H and O–H groups in total. The van der Waals surface area contributed by atoms with E-state index in [2.05, 4.69) is 21.2 Å². The van der Waals surface area contributed by atoms with Gasteiger partial charge in [0.05, 0.1) is 31.5 Å². The highest BCUT2D eigenvalue weighted by Gasteiger charge is 2.32. The summed E-state index contributed by atoms with van der Waals surface area (Å²) in [6.45, 7) is 3.46. The van der Waals surface area contributed by atoms with E-state index in [1.807, 2.05) is 42.5 Å². The van der Waals surface area contributed by atoms with Gasteiger partial charge in [-0.25, -0.2) is 15.0 Å². The predicted molar refractivity (Wildman–Crippen MR) is 178 cm³/mol. The molecule has 0 aliphatic carbocycles. The lowest BCUT2D eigenvalue weighted by atomic mass is 9.95. The van der Waals surface area contributed by atoms with Crippen molar-refractivity contribution in [2.45, 2.75) is 26.5 Å². The maximum absolute atomic E-state index is 12.6. The van der Waals surface area contributed by atoms with E-state index in [9.17, 15) is 14.4 Å². The van der Waals surface area contributed by atoms with Crippen LogP contribution in [0.25, 0.3) is 10.8 Å². The minimum Gasteiger partial charge on any atom is -0.493 e. The highest BCUT2D eigenvalue weighted by Crippen LogP contribution is 2.34. The number of allylic oxidation sites excluding steroid dienone is 1. The van der Waals surface area contributed by atoms with Gasteiger partial charge in [-0.1, -0.05) is 60.1 Å². The first-order chi connectivity index (χ1) is 22.8. The fourth-order valence-electron chi connectivity index (χ4n) is 5.08. The van der Waals surface area contributed by atoms with Crippen LogP contribution in [0.3, 0.4) is 0 Å². The Morgan fingerprint density at radius 3 is 2.57 bits per heavy atom. The first kappa shape index (κ1) is 32.8. The smallest absolute Gasteiger partial charge is 0.338 e. The number of methoxy groups -OCH3 is 1. The molecule has 1 atom stereocenters. The molecule has 0 radical (unpaired) electrons. The van der Waals surface area contributed by atoms with Crippen LogP contribution in [0.15, 0.2) is 95.2 Å². The molecular weight excluding hydrogens is 624 g/mol. The molecular formula is C35H33ClN4O7. The minimum atomic E-state index is -0.782. The maximum Gasteiger partial charge on any atom is 0.338 e. The number of carbonyl (C=O) groups excluding carboxylic acids is 3. The van der Waals surface area contributed by atoms with Gasteiger partial charge in [-0.15, -0.1) is 0 Å². The molecule has 242 valence electrons. The lowest BCUT2D eigenvalue weighted by Crippen LogP contribution is -2.45. The Hall–Kier alpha value is -5.55. The number of carbonyl (C=O) groups is 3. The van der Waals surface area contributed by atoms with Gasteiger partial charge in [-0.2, -0.15) is 5.10 Å². The van der Waals surface area contributed by atoms with Gasteiger partial charge in [0.2, 0.25) is 0 Å². The summed E-state index contributed by atoms with van der Waals surface area (Å²) in [5.74, 6) is 0.0246. The Balaban J connectivity index is 1.22. The molecule has 1 aliphatic heterocycles. The third kappa shape index (κ3) is 8.00. The van der Waals surface area contributed by atoms with Crippen LogP contribution in [0.4, 0.5) is 4.79 Å². The average Bonchev–Trinajstić information content (AvgIpc) is 3.06. The van der Waals surface area contributed by atoms with E-state index >= 15 is 0 Å². The Kier molecular flexibility index (Phi) is 10.6. The van der Waals surface area contributed by atoms with Crippen molar-refractivity contribution in [3.8, 4) is 17.2 Å². The summed E-state index contributed by atoms with van der Waals surface area (Å²) in [4.78, 5) is 37.4. The van der Waals surface area contributed by atoms with Crippen molar-refractivity contribution >= 4 is 46.5 Å². The monoisotopic (exact) mass is 656 g/mol. The average molecular weight is 657 g/mol. The number of esters is 1. The van der Waals surface area contributed by atoms with Gasteiger partial charge in [0.1, 0.15) is 12.4 Å². The first-order valence-electron chi connectivity index (χ1n) is 14.7. The van der Waals surface area contributed by atoms with E-state index in [4.69, 9.17) is 30.5 Å². The molecule has 1 heterocycles. The molecule has 12 heteroatoms. The van der Waals surface area contributed by atoms with Gasteiger partial charge in [0.25, 0.3) is 5.91 Å². The quantitative estimate of drug-likeness (QED) is 0.0996. The normalized spacial score (nSPS) is 14.4. The molecule has 4 aromatic carbocycles. The van der Waals surface area contributed by atoms with Gasteiger partial charge >= 0.3 is 12.0 Å². The molecule has 0 aromatic heterocycles. The summed E-state index contributed by atoms with van der Waals surface area (Å²) in [6.07, 6.45) is 1.45. The summed E-state index contributed by atoms with van der Waals surface area (Å²) < 4.78 is 22.5. The van der Waals surface area contributed by atoms with Crippen LogP contribution < -0.4 is 30.3 Å². The van der Waals surface area contributed by atoms with Crippen LogP contribution in [0.2, 0.25) is 5.02 Å². The van der Waals surface area contributed by atoms with Crippen LogP contribution in [-0.2, 0) is 20.9 Å². The number of nitrogens with one attached hydrogen (secondary N) is 3. The largest absolute Gasteiger partial charge is 0.493 e. The summed E-state index contributed by atoms with van der Waals surface area (Å²) in [5.41, 5.74) is 5.25. The number of nitrogens with zero attached hydrogens (tertiary/aromatic N) is 1. The van der Waals surface area contributed by atoms with E-state index in [1.54, 1.807) is 50.2 Å². The van der Waals surface area contributed by atoms with Crippen molar-refractivity contribution in [3.05, 3.63) is 112 Å². The van der Waals surface area contributed by atoms with Gasteiger partial charge in [-0.05, 0) is 66.1 Å². The van der Waals surface area contributed by atoms with Gasteiger partial charge < -0.3 is 29.6 Å². The van der Waals surface area contributed by atoms with Crippen molar-refractivity contribution in [1.29, 1.82) is 0 Å². The van der Waals surface area contributed by atoms with E-state index in [1.165, 1.54) is 13.3 Å². The fraction of sp³-hybridized carbons (Fsp3) is 0.200. The molecule has 3 amide bonds. The second-order valence-corrected chi connectivity index (χ2v) is 10.8. The third-order valence-electron chi connectivity index (χ3n) is 7.27. The lowest BCUT2D eigenvalue weighted by Gasteiger charge is -2.28. The highest BCUT2D eigenvalue weighted by molar-refractivity contribution is 6.30. The zero-order valence-corrected chi connectivity index (χ0v) is 26.7. The Labute approximate surface area is 276 Å². The first-order valence-corrected chi connectivity index (χ1v) is 15.1. The Morgan fingerprint density at radius 1 is 0.979 bits per heavy atom. The van der Waals surface area contributed by atoms with Gasteiger partial charge in [0, 0.05) is 16.3 Å². The molecule has 47 heavy (non-hydrogen) atoms. The second kappa shape index (κ2) is 15.2. The zero-order chi connectivity index (χ0) is 33.3. The van der Waals surface area contributed by atoms with Crippen LogP contribution in [-0.4, -0.2) is 44.4 Å². The number of hydrazone groups is 1. The molecule has 11 nitrogen and oxygen atoms in total. The summed E-state index contributed by atoms with van der Waals surface area (Å²) in [5, 5.41) is 12.1. The van der Waals surface area contributed by atoms with E-state index in [-0.39, 0.29) is 24.5 Å². The van der Waals surface area contributed by atoms with Crippen molar-refractivity contribution in [1.82, 2.24) is 16.1 Å². The van der Waals surface area contributed by atoms with Crippen LogP contribution in [0, 0.1) is 0 Å². The molecule has 0 unspecified atom stereocenters. The zero-order valence-electron chi connectivity index (χ0n) is 26.0. The maximum atomic E-state index is 12.6. The van der Waals surface area contributed by atoms with Gasteiger partial charge in [-0.3, -0.25) is 4.79 Å². The molecule has 0 saturated heterocycles. The molecule has 5 rings (SSSR count). The van der Waals surface area contributed by atoms with Crippen LogP contribution in [0.5, 0.6) is 17.2 Å². The molecule has 0 bridgehead atoms. The number of halogens is 1. The topological polar surface area (TPSA) is 137 Å². The Morgan fingerprint density at radius 2 is 1.77 bits per heavy atom. The Bertz CT molecular complexity index is 1870. The molecule has 1 aliphatic rings. The van der Waals surface area contributed by atoms with E-state index < -0.39 is 23.9 Å². The van der Waals surface area contributed by atoms with Crippen LogP contribution in [0.1, 0.15) is 36.6 Å². The SMILES string of the molecule is CCOC(=O)C1=C(C)NC(=O)N[C@H]1c1ccc(OCC(=O)N/N=C/c2cc(Cl)ccc2OCc2cccc3ccccc23)c(OC)c1. The second-order valence-electron chi connectivity index (χ2n) is 10.4. The standard InChI is InChI=1S/C35H33ClN4O7/c1-4-45-34(42)32-21(2)38-35(43)39-33(32)23-12-14-29(30(17-23)44-3)47-20-31(41)40-37-18-25-16-26(36)13-15-28(25)46-19-24-10-7-9-22-8-5-6-11-27(22)24/h5-18,33H,4,19-20H2,1-3H3,(H,40,41)(H2,38,39,43)/b37-18+/t33-/m0/s1. The number of rotatable bonds is 12. The highest BCUT2D eigenvalue weighted by atomic mass is 35.5. The molecule has 0 saturated carbocycles. The van der Waals surface area contributed by atoms with Crippen LogP contribution >= 0.6 is 11.6 Å². The summed E-state index contributed by atoms with van der Waals surface area (Å²) in [6, 6.07) is 22.9. The lowest BCUT2D eigenvalue weighted by molar-refractivity contribution is -0.139. The minimum absolute atomic E-state index is 0.179. The number of benzene rings is 4. The number of urea groups is 1. The van der Waals surface area contributed by atoms with Crippen molar-refractivity contribution in [2.75, 3.05) is 20.3 Å². The fourth-order valence-corrected chi connectivity index (χ4v) is 5.26. The number of fused-ring (bicyclic) bond motifs is 1. The van der Waals surface area contributed by atoms with Gasteiger partial charge in [0.15, 0.2) is 18.1 Å². The van der Waals surface area contributed by atoms with E-state index in [0.29, 0.717) is 40.0 Å². The number of amides is 3. The number of hydrogen-bond acceptors (Lipinski definition) is 8. The van der Waals surface area contributed by atoms with Crippen molar-refractivity contribution in [2.24, 2.45) is 5.10 Å². The number of hydrogen-bond donors (Lipinski definition) is 3.